The Balaban J connectivity index is 1.98. The van der Waals surface area contributed by atoms with E-state index in [4.69, 9.17) is 9.15 Å². The Morgan fingerprint density at radius 3 is 2.67 bits per heavy atom. The van der Waals surface area contributed by atoms with Gasteiger partial charge in [0.2, 0.25) is 0 Å². The van der Waals surface area contributed by atoms with Crippen LogP contribution in [0, 0.1) is 17.0 Å². The number of ether oxygens (including phenoxy) is 1. The number of amides is 1. The number of nitrogens with one attached hydrogen (secondary N) is 1. The third kappa shape index (κ3) is 2.67. The topological polar surface area (TPSA) is 94.6 Å². The highest BCUT2D eigenvalue weighted by Gasteiger charge is 2.20. The zero-order valence-electron chi connectivity index (χ0n) is 13.0. The summed E-state index contributed by atoms with van der Waals surface area (Å²) in [4.78, 5) is 22.9. The average molecular weight is 326 g/mol. The second kappa shape index (κ2) is 6.04. The number of aryl methyl sites for hydroxylation is 1. The van der Waals surface area contributed by atoms with Crippen molar-refractivity contribution in [1.82, 2.24) is 0 Å². The summed E-state index contributed by atoms with van der Waals surface area (Å²) in [6.45, 7) is 1.78. The van der Waals surface area contributed by atoms with Crippen LogP contribution in [0.2, 0.25) is 0 Å². The van der Waals surface area contributed by atoms with Gasteiger partial charge in [0.15, 0.2) is 5.76 Å². The first kappa shape index (κ1) is 15.5. The zero-order chi connectivity index (χ0) is 17.3. The second-order valence-corrected chi connectivity index (χ2v) is 5.15. The lowest BCUT2D eigenvalue weighted by Gasteiger charge is -2.09. The number of furan rings is 1. The lowest BCUT2D eigenvalue weighted by molar-refractivity contribution is -0.384. The molecule has 0 aliphatic carbocycles. The van der Waals surface area contributed by atoms with Gasteiger partial charge in [0, 0.05) is 23.1 Å². The first-order chi connectivity index (χ1) is 11.5. The average Bonchev–Trinajstić information content (AvgIpc) is 2.92. The standard InChI is InChI=1S/C17H14N2O5/c1-10-12-5-3-4-6-14(12)24-16(10)17(20)18-13-9-11(19(21)22)7-8-15(13)23-2/h3-9H,1-2H3,(H,18,20). The Morgan fingerprint density at radius 1 is 1.25 bits per heavy atom. The van der Waals surface area contributed by atoms with Crippen LogP contribution in [0.5, 0.6) is 5.75 Å². The van der Waals surface area contributed by atoms with Crippen molar-refractivity contribution in [1.29, 1.82) is 0 Å². The predicted molar refractivity (Wildman–Crippen MR) is 88.6 cm³/mol. The van der Waals surface area contributed by atoms with E-state index >= 15 is 0 Å². The van der Waals surface area contributed by atoms with Gasteiger partial charge in [0.05, 0.1) is 17.7 Å². The van der Waals surface area contributed by atoms with Crippen molar-refractivity contribution in [2.24, 2.45) is 0 Å². The number of carbonyl (C=O) groups is 1. The van der Waals surface area contributed by atoms with Crippen LogP contribution >= 0.6 is 0 Å². The summed E-state index contributed by atoms with van der Waals surface area (Å²) >= 11 is 0. The molecular formula is C17H14N2O5. The van der Waals surface area contributed by atoms with E-state index in [0.717, 1.165) is 5.39 Å². The molecule has 0 aliphatic rings. The highest BCUT2D eigenvalue weighted by atomic mass is 16.6. The Labute approximate surface area is 137 Å². The number of hydrogen-bond acceptors (Lipinski definition) is 5. The molecule has 1 aromatic heterocycles. The molecule has 7 heteroatoms. The molecule has 3 aromatic rings. The normalized spacial score (nSPS) is 10.6. The van der Waals surface area contributed by atoms with E-state index in [1.807, 2.05) is 18.2 Å². The fourth-order valence-corrected chi connectivity index (χ4v) is 2.48. The van der Waals surface area contributed by atoms with Gasteiger partial charge in [0.25, 0.3) is 11.6 Å². The number of nitro benzene ring substituents is 1. The first-order valence-corrected chi connectivity index (χ1v) is 7.13. The summed E-state index contributed by atoms with van der Waals surface area (Å²) in [6.07, 6.45) is 0. The molecule has 0 spiro atoms. The molecule has 1 heterocycles. The Hall–Kier alpha value is -3.35. The molecule has 0 atom stereocenters. The molecule has 3 rings (SSSR count). The van der Waals surface area contributed by atoms with Gasteiger partial charge < -0.3 is 14.5 Å². The maximum Gasteiger partial charge on any atom is 0.291 e. The van der Waals surface area contributed by atoms with Crippen molar-refractivity contribution < 1.29 is 18.9 Å². The number of para-hydroxylation sites is 1. The number of non-ortho nitro benzene ring substituents is 1. The van der Waals surface area contributed by atoms with Gasteiger partial charge >= 0.3 is 0 Å². The van der Waals surface area contributed by atoms with Crippen LogP contribution in [-0.2, 0) is 0 Å². The Morgan fingerprint density at radius 2 is 2.00 bits per heavy atom. The van der Waals surface area contributed by atoms with Gasteiger partial charge in [-0.1, -0.05) is 18.2 Å². The molecule has 0 radical (unpaired) electrons. The van der Waals surface area contributed by atoms with E-state index in [0.29, 0.717) is 16.9 Å². The summed E-state index contributed by atoms with van der Waals surface area (Å²) in [5.74, 6) is -0.0185. The van der Waals surface area contributed by atoms with Crippen LogP contribution in [0.25, 0.3) is 11.0 Å². The largest absolute Gasteiger partial charge is 0.495 e. The molecule has 0 fully saturated rings. The molecule has 0 saturated heterocycles. The molecule has 1 N–H and O–H groups in total. The number of fused-ring (bicyclic) bond motifs is 1. The first-order valence-electron chi connectivity index (χ1n) is 7.13. The lowest BCUT2D eigenvalue weighted by atomic mass is 10.1. The Kier molecular flexibility index (Phi) is 3.91. The van der Waals surface area contributed by atoms with Crippen molar-refractivity contribution in [2.75, 3.05) is 12.4 Å². The molecule has 24 heavy (non-hydrogen) atoms. The SMILES string of the molecule is COc1ccc([N+](=O)[O-])cc1NC(=O)c1oc2ccccc2c1C. The van der Waals surface area contributed by atoms with E-state index in [1.54, 1.807) is 13.0 Å². The number of methoxy groups -OCH3 is 1. The minimum Gasteiger partial charge on any atom is -0.495 e. The van der Waals surface area contributed by atoms with Gasteiger partial charge in [-0.15, -0.1) is 0 Å². The highest BCUT2D eigenvalue weighted by molar-refractivity contribution is 6.07. The molecular weight excluding hydrogens is 312 g/mol. The van der Waals surface area contributed by atoms with Gasteiger partial charge in [0.1, 0.15) is 11.3 Å². The number of rotatable bonds is 4. The van der Waals surface area contributed by atoms with Gasteiger partial charge in [-0.2, -0.15) is 0 Å². The summed E-state index contributed by atoms with van der Waals surface area (Å²) < 4.78 is 10.7. The van der Waals surface area contributed by atoms with Crippen molar-refractivity contribution in [3.63, 3.8) is 0 Å². The number of benzene rings is 2. The van der Waals surface area contributed by atoms with Crippen LogP contribution in [0.15, 0.2) is 46.9 Å². The van der Waals surface area contributed by atoms with E-state index in [1.165, 1.54) is 25.3 Å². The van der Waals surface area contributed by atoms with Crippen LogP contribution in [0.3, 0.4) is 0 Å². The van der Waals surface area contributed by atoms with Crippen molar-refractivity contribution in [2.45, 2.75) is 6.92 Å². The molecule has 2 aromatic carbocycles. The molecule has 0 saturated carbocycles. The van der Waals surface area contributed by atoms with Crippen LogP contribution < -0.4 is 10.1 Å². The minimum atomic E-state index is -0.540. The number of nitrogens with zero attached hydrogens (tertiary/aromatic N) is 1. The van der Waals surface area contributed by atoms with Crippen molar-refractivity contribution >= 4 is 28.3 Å². The van der Waals surface area contributed by atoms with Crippen molar-refractivity contribution in [3.05, 3.63) is 63.9 Å². The van der Waals surface area contributed by atoms with Gasteiger partial charge in [-0.3, -0.25) is 14.9 Å². The Bertz CT molecular complexity index is 945. The molecule has 0 aliphatic heterocycles. The fraction of sp³-hybridized carbons (Fsp3) is 0.118. The van der Waals surface area contributed by atoms with Crippen LogP contribution in [0.1, 0.15) is 16.1 Å². The molecule has 122 valence electrons. The third-order valence-electron chi connectivity index (χ3n) is 3.69. The van der Waals surface area contributed by atoms with E-state index in [-0.39, 0.29) is 17.1 Å². The minimum absolute atomic E-state index is 0.146. The number of anilines is 1. The number of carbonyl (C=O) groups excluding carboxylic acids is 1. The maximum atomic E-state index is 12.5. The maximum absolute atomic E-state index is 12.5. The molecule has 1 amide bonds. The fourth-order valence-electron chi connectivity index (χ4n) is 2.48. The quantitative estimate of drug-likeness (QED) is 0.579. The smallest absolute Gasteiger partial charge is 0.291 e. The number of nitro groups is 1. The lowest BCUT2D eigenvalue weighted by Crippen LogP contribution is -2.13. The molecule has 7 nitrogen and oxygen atoms in total. The monoisotopic (exact) mass is 326 g/mol. The summed E-state index contributed by atoms with van der Waals surface area (Å²) in [5, 5.41) is 14.4. The number of hydrogen-bond donors (Lipinski definition) is 1. The predicted octanol–water partition coefficient (Wildman–Crippen LogP) is 3.91. The summed E-state index contributed by atoms with van der Waals surface area (Å²) in [5.41, 5.74) is 1.36. The van der Waals surface area contributed by atoms with E-state index in [2.05, 4.69) is 5.32 Å². The van der Waals surface area contributed by atoms with Crippen molar-refractivity contribution in [3.8, 4) is 5.75 Å². The van der Waals surface area contributed by atoms with Crippen LogP contribution in [0.4, 0.5) is 11.4 Å². The van der Waals surface area contributed by atoms with Gasteiger partial charge in [-0.25, -0.2) is 0 Å². The second-order valence-electron chi connectivity index (χ2n) is 5.15. The van der Waals surface area contributed by atoms with E-state index < -0.39 is 10.8 Å². The van der Waals surface area contributed by atoms with Gasteiger partial charge in [-0.05, 0) is 19.1 Å². The summed E-state index contributed by atoms with van der Waals surface area (Å²) in [7, 11) is 1.42. The third-order valence-corrected chi connectivity index (χ3v) is 3.69. The molecule has 0 bridgehead atoms. The van der Waals surface area contributed by atoms with E-state index in [9.17, 15) is 14.9 Å². The molecule has 0 unspecified atom stereocenters. The highest BCUT2D eigenvalue weighted by Crippen LogP contribution is 2.31. The zero-order valence-corrected chi connectivity index (χ0v) is 13.0. The summed E-state index contributed by atoms with van der Waals surface area (Å²) in [6, 6.07) is 11.3. The van der Waals surface area contributed by atoms with Crippen LogP contribution in [-0.4, -0.2) is 17.9 Å².